The molecule has 0 bridgehead atoms. The number of carbonyl (C=O) groups is 1. The average Bonchev–Trinajstić information content (AvgIpc) is 3.31. The molecule has 3 aromatic carbocycles. The molecule has 1 saturated heterocycles. The molecule has 0 aliphatic carbocycles. The normalized spacial score (nSPS) is 16.4. The summed E-state index contributed by atoms with van der Waals surface area (Å²) in [5, 5.41) is 1.07. The molecule has 1 amide bonds. The largest absolute Gasteiger partial charge is 0.323 e. The number of rotatable bonds is 4. The highest BCUT2D eigenvalue weighted by Gasteiger charge is 2.34. The maximum Gasteiger partial charge on any atom is 0.227 e. The Labute approximate surface area is 191 Å². The highest BCUT2D eigenvalue weighted by atomic mass is 35.5. The van der Waals surface area contributed by atoms with E-state index in [-0.39, 0.29) is 11.8 Å². The monoisotopic (exact) mass is 449 g/mol. The summed E-state index contributed by atoms with van der Waals surface area (Å²) in [5.41, 5.74) is 5.10. The zero-order valence-corrected chi connectivity index (χ0v) is 18.6. The van der Waals surface area contributed by atoms with Crippen molar-refractivity contribution in [3.05, 3.63) is 93.7 Å². The molecule has 4 aromatic rings. The van der Waals surface area contributed by atoms with Gasteiger partial charge in [0.25, 0.3) is 0 Å². The minimum atomic E-state index is 0.0168. The fourth-order valence-corrected chi connectivity index (χ4v) is 4.64. The van der Waals surface area contributed by atoms with Gasteiger partial charge in [0, 0.05) is 31.1 Å². The smallest absolute Gasteiger partial charge is 0.227 e. The summed E-state index contributed by atoms with van der Waals surface area (Å²) < 4.78 is 2.20. The fraction of sp³-hybridized carbons (Fsp3) is 0.200. The third kappa shape index (κ3) is 3.82. The number of imidazole rings is 1. The van der Waals surface area contributed by atoms with Crippen molar-refractivity contribution < 1.29 is 4.79 Å². The van der Waals surface area contributed by atoms with Crippen LogP contribution in [-0.2, 0) is 11.3 Å². The van der Waals surface area contributed by atoms with Crippen LogP contribution >= 0.6 is 23.2 Å². The van der Waals surface area contributed by atoms with Gasteiger partial charge < -0.3 is 9.47 Å². The van der Waals surface area contributed by atoms with Gasteiger partial charge in [0.15, 0.2) is 0 Å². The maximum absolute atomic E-state index is 12.9. The molecule has 0 saturated carbocycles. The number of nitrogens with zero attached hydrogens (tertiary/aromatic N) is 3. The molecule has 0 spiro atoms. The van der Waals surface area contributed by atoms with Crippen LogP contribution in [0.3, 0.4) is 0 Å². The summed E-state index contributed by atoms with van der Waals surface area (Å²) in [4.78, 5) is 19.7. The third-order valence-corrected chi connectivity index (χ3v) is 6.55. The second-order valence-electron chi connectivity index (χ2n) is 8.04. The van der Waals surface area contributed by atoms with Gasteiger partial charge in [-0.15, -0.1) is 0 Å². The number of aryl methyl sites for hydroxylation is 1. The molecule has 1 aromatic heterocycles. The van der Waals surface area contributed by atoms with Gasteiger partial charge in [-0.3, -0.25) is 4.79 Å². The summed E-state index contributed by atoms with van der Waals surface area (Å²) in [6.45, 7) is 3.27. The molecular weight excluding hydrogens is 429 g/mol. The van der Waals surface area contributed by atoms with Gasteiger partial charge in [0.05, 0.1) is 21.1 Å². The zero-order valence-electron chi connectivity index (χ0n) is 17.1. The topological polar surface area (TPSA) is 38.1 Å². The van der Waals surface area contributed by atoms with Gasteiger partial charge in [-0.05, 0) is 54.4 Å². The van der Waals surface area contributed by atoms with Crippen LogP contribution in [0.25, 0.3) is 11.0 Å². The van der Waals surface area contributed by atoms with E-state index >= 15 is 0 Å². The summed E-state index contributed by atoms with van der Waals surface area (Å²) in [6.07, 6.45) is 0.443. The molecule has 1 unspecified atom stereocenters. The van der Waals surface area contributed by atoms with E-state index in [2.05, 4.69) is 16.7 Å². The molecule has 2 heterocycles. The van der Waals surface area contributed by atoms with Crippen molar-refractivity contribution in [2.24, 2.45) is 0 Å². The lowest BCUT2D eigenvalue weighted by molar-refractivity contribution is -0.117. The molecule has 1 aliphatic heterocycles. The van der Waals surface area contributed by atoms with Crippen LogP contribution in [-0.4, -0.2) is 22.0 Å². The number of fused-ring (bicyclic) bond motifs is 1. The first-order chi connectivity index (χ1) is 15.0. The van der Waals surface area contributed by atoms with Gasteiger partial charge in [0.2, 0.25) is 5.91 Å². The van der Waals surface area contributed by atoms with E-state index < -0.39 is 0 Å². The molecule has 6 heteroatoms. The molecule has 1 fully saturated rings. The molecule has 1 aliphatic rings. The molecule has 156 valence electrons. The molecule has 0 radical (unpaired) electrons. The Hall–Kier alpha value is -2.82. The van der Waals surface area contributed by atoms with Gasteiger partial charge in [-0.2, -0.15) is 0 Å². The number of aromatic nitrogens is 2. The van der Waals surface area contributed by atoms with Crippen molar-refractivity contribution in [2.75, 3.05) is 11.4 Å². The van der Waals surface area contributed by atoms with Crippen LogP contribution in [0, 0.1) is 6.92 Å². The van der Waals surface area contributed by atoms with Crippen LogP contribution in [0.5, 0.6) is 0 Å². The minimum absolute atomic E-state index is 0.0168. The van der Waals surface area contributed by atoms with Crippen LogP contribution < -0.4 is 4.90 Å². The van der Waals surface area contributed by atoms with Crippen molar-refractivity contribution in [2.45, 2.75) is 25.8 Å². The molecule has 31 heavy (non-hydrogen) atoms. The molecule has 1 atom stereocenters. The van der Waals surface area contributed by atoms with Gasteiger partial charge in [-0.25, -0.2) is 4.98 Å². The highest BCUT2D eigenvalue weighted by Crippen LogP contribution is 2.34. The summed E-state index contributed by atoms with van der Waals surface area (Å²) in [5.74, 6) is 1.07. The summed E-state index contributed by atoms with van der Waals surface area (Å²) >= 11 is 12.3. The third-order valence-electron chi connectivity index (χ3n) is 5.81. The van der Waals surface area contributed by atoms with Crippen LogP contribution in [0.1, 0.15) is 29.3 Å². The second-order valence-corrected chi connectivity index (χ2v) is 8.85. The Morgan fingerprint density at radius 1 is 1.00 bits per heavy atom. The minimum Gasteiger partial charge on any atom is -0.323 e. The number of amides is 1. The number of carbonyl (C=O) groups excluding carboxylic acids is 1. The standard InChI is InChI=1S/C25H21Cl2N3O/c1-16-5-4-6-19(11-16)29-15-18(13-24(29)31)25-28-22-7-2-3-8-23(22)30(25)14-17-9-10-20(26)21(27)12-17/h2-12,18H,13-15H2,1H3. The van der Waals surface area contributed by atoms with E-state index in [1.807, 2.05) is 66.4 Å². The van der Waals surface area contributed by atoms with Crippen molar-refractivity contribution in [1.82, 2.24) is 9.55 Å². The Balaban J connectivity index is 1.53. The van der Waals surface area contributed by atoms with Crippen LogP contribution in [0.4, 0.5) is 5.69 Å². The first-order valence-corrected chi connectivity index (χ1v) is 11.0. The van der Waals surface area contributed by atoms with Gasteiger partial charge in [0.1, 0.15) is 5.82 Å². The first-order valence-electron chi connectivity index (χ1n) is 10.3. The molecule has 5 rings (SSSR count). The fourth-order valence-electron chi connectivity index (χ4n) is 4.32. The van der Waals surface area contributed by atoms with E-state index in [1.54, 1.807) is 0 Å². The van der Waals surface area contributed by atoms with E-state index in [4.69, 9.17) is 28.2 Å². The van der Waals surface area contributed by atoms with Crippen molar-refractivity contribution in [1.29, 1.82) is 0 Å². The Morgan fingerprint density at radius 2 is 1.84 bits per heavy atom. The SMILES string of the molecule is Cc1cccc(N2CC(c3nc4ccccc4n3Cc3ccc(Cl)c(Cl)c3)CC2=O)c1. The summed E-state index contributed by atoms with van der Waals surface area (Å²) in [6, 6.07) is 21.8. The second kappa shape index (κ2) is 8.03. The van der Waals surface area contributed by atoms with Crippen molar-refractivity contribution in [3.8, 4) is 0 Å². The number of hydrogen-bond acceptors (Lipinski definition) is 2. The van der Waals surface area contributed by atoms with E-state index in [0.29, 0.717) is 29.6 Å². The zero-order chi connectivity index (χ0) is 21.5. The number of halogens is 2. The van der Waals surface area contributed by atoms with E-state index in [9.17, 15) is 4.79 Å². The highest BCUT2D eigenvalue weighted by molar-refractivity contribution is 6.42. The van der Waals surface area contributed by atoms with Crippen LogP contribution in [0.15, 0.2) is 66.7 Å². The lowest BCUT2D eigenvalue weighted by Gasteiger charge is -2.18. The number of para-hydroxylation sites is 2. The lowest BCUT2D eigenvalue weighted by Crippen LogP contribution is -2.24. The van der Waals surface area contributed by atoms with Crippen molar-refractivity contribution in [3.63, 3.8) is 0 Å². The van der Waals surface area contributed by atoms with Crippen molar-refractivity contribution >= 4 is 45.8 Å². The lowest BCUT2D eigenvalue weighted by atomic mass is 10.1. The molecule has 4 nitrogen and oxygen atoms in total. The number of anilines is 1. The Morgan fingerprint density at radius 3 is 2.65 bits per heavy atom. The maximum atomic E-state index is 12.9. The van der Waals surface area contributed by atoms with Gasteiger partial charge >= 0.3 is 0 Å². The van der Waals surface area contributed by atoms with Crippen LogP contribution in [0.2, 0.25) is 10.0 Å². The van der Waals surface area contributed by atoms with E-state index in [0.717, 1.165) is 33.7 Å². The van der Waals surface area contributed by atoms with Gasteiger partial charge in [-0.1, -0.05) is 53.5 Å². The first kappa shape index (κ1) is 20.1. The quantitative estimate of drug-likeness (QED) is 0.370. The number of benzene rings is 3. The average molecular weight is 450 g/mol. The summed E-state index contributed by atoms with van der Waals surface area (Å²) in [7, 11) is 0. The Bertz CT molecular complexity index is 1300. The molecule has 0 N–H and O–H groups in total. The predicted molar refractivity (Wildman–Crippen MR) is 126 cm³/mol. The predicted octanol–water partition coefficient (Wildman–Crippen LogP) is 6.22. The molecular formula is C25H21Cl2N3O. The Kier molecular flexibility index (Phi) is 5.20. The number of hydrogen-bond donors (Lipinski definition) is 0. The van der Waals surface area contributed by atoms with E-state index in [1.165, 1.54) is 0 Å².